The van der Waals surface area contributed by atoms with Gasteiger partial charge in [-0.15, -0.1) is 0 Å². The van der Waals surface area contributed by atoms with Crippen LogP contribution in [-0.4, -0.2) is 72.2 Å². The van der Waals surface area contributed by atoms with Crippen LogP contribution in [0.4, 0.5) is 22.0 Å². The molecule has 0 saturated heterocycles. The molecule has 51 heavy (non-hydrogen) atoms. The van der Waals surface area contributed by atoms with Crippen LogP contribution in [0.2, 0.25) is 5.02 Å². The molecule has 0 spiro atoms. The van der Waals surface area contributed by atoms with E-state index in [0.717, 1.165) is 5.32 Å². The predicted molar refractivity (Wildman–Crippen MR) is 173 cm³/mol. The van der Waals surface area contributed by atoms with Crippen molar-refractivity contribution in [2.24, 2.45) is 5.92 Å². The SMILES string of the molecule is COc1ccc(C(NC(=O)C(Cc2cccc(Cl)c2)NC(=O)c2ccccn2)C(=O)N[C@H](C(=O)C(F)(F)C(=O)NCC(F)(F)F)C2CCC2)cc1. The first-order valence-corrected chi connectivity index (χ1v) is 15.9. The molecule has 1 heterocycles. The van der Waals surface area contributed by atoms with E-state index in [9.17, 15) is 37.1 Å². The first kappa shape index (κ1) is 38.7. The van der Waals surface area contributed by atoms with Gasteiger partial charge in [0.25, 0.3) is 11.8 Å². The fraction of sp³-hybridized carbons (Fsp3) is 0.353. The van der Waals surface area contributed by atoms with Gasteiger partial charge in [0.2, 0.25) is 17.6 Å². The van der Waals surface area contributed by atoms with Crippen molar-refractivity contribution in [1.29, 1.82) is 0 Å². The number of rotatable bonds is 15. The highest BCUT2D eigenvalue weighted by Gasteiger charge is 2.53. The summed E-state index contributed by atoms with van der Waals surface area (Å²) in [4.78, 5) is 70.0. The van der Waals surface area contributed by atoms with Crippen LogP contribution in [0.3, 0.4) is 0 Å². The fourth-order valence-electron chi connectivity index (χ4n) is 5.18. The number of alkyl halides is 5. The van der Waals surface area contributed by atoms with Gasteiger partial charge in [0, 0.05) is 17.6 Å². The molecule has 272 valence electrons. The second-order valence-electron chi connectivity index (χ2n) is 11.7. The fourth-order valence-corrected chi connectivity index (χ4v) is 5.40. The Bertz CT molecular complexity index is 1720. The maximum atomic E-state index is 15.0. The third-order valence-corrected chi connectivity index (χ3v) is 8.33. The smallest absolute Gasteiger partial charge is 0.405 e. The highest BCUT2D eigenvalue weighted by molar-refractivity contribution is 6.30. The number of nitrogens with zero attached hydrogens (tertiary/aromatic N) is 1. The largest absolute Gasteiger partial charge is 0.497 e. The summed E-state index contributed by atoms with van der Waals surface area (Å²) < 4.78 is 73.0. The number of nitrogens with one attached hydrogen (secondary N) is 4. The number of hydrogen-bond donors (Lipinski definition) is 4. The van der Waals surface area contributed by atoms with E-state index < -0.39 is 72.1 Å². The van der Waals surface area contributed by atoms with Gasteiger partial charge < -0.3 is 26.0 Å². The summed E-state index contributed by atoms with van der Waals surface area (Å²) in [6.07, 6.45) is -2.90. The summed E-state index contributed by atoms with van der Waals surface area (Å²) >= 11 is 6.13. The Morgan fingerprint density at radius 2 is 1.61 bits per heavy atom. The van der Waals surface area contributed by atoms with Gasteiger partial charge >= 0.3 is 12.1 Å². The van der Waals surface area contributed by atoms with Crippen LogP contribution in [0.15, 0.2) is 72.9 Å². The molecule has 0 aliphatic heterocycles. The first-order valence-electron chi connectivity index (χ1n) is 15.6. The monoisotopic (exact) mass is 737 g/mol. The maximum Gasteiger partial charge on any atom is 0.405 e. The third-order valence-electron chi connectivity index (χ3n) is 8.09. The van der Waals surface area contributed by atoms with Crippen molar-refractivity contribution in [2.45, 2.75) is 55.9 Å². The van der Waals surface area contributed by atoms with Crippen LogP contribution in [0, 0.1) is 5.92 Å². The Kier molecular flexibility index (Phi) is 12.7. The molecule has 11 nitrogen and oxygen atoms in total. The third kappa shape index (κ3) is 10.4. The van der Waals surface area contributed by atoms with E-state index in [1.54, 1.807) is 36.4 Å². The zero-order valence-corrected chi connectivity index (χ0v) is 27.7. The van der Waals surface area contributed by atoms with Crippen molar-refractivity contribution in [1.82, 2.24) is 26.3 Å². The van der Waals surface area contributed by atoms with Crippen molar-refractivity contribution in [3.8, 4) is 5.75 Å². The summed E-state index contributed by atoms with van der Waals surface area (Å²) in [7, 11) is 1.38. The summed E-state index contributed by atoms with van der Waals surface area (Å²) in [5.74, 6) is -12.8. The van der Waals surface area contributed by atoms with E-state index in [2.05, 4.69) is 20.9 Å². The molecule has 1 aliphatic rings. The number of amides is 4. The normalized spacial score (nSPS) is 15.0. The van der Waals surface area contributed by atoms with Crippen molar-refractivity contribution in [2.75, 3.05) is 13.7 Å². The zero-order valence-electron chi connectivity index (χ0n) is 26.9. The van der Waals surface area contributed by atoms with Gasteiger partial charge in [0.1, 0.15) is 30.1 Å². The molecular weight excluding hydrogens is 705 g/mol. The quantitative estimate of drug-likeness (QED) is 0.135. The number of methoxy groups -OCH3 is 1. The molecule has 1 aromatic heterocycles. The number of carbonyl (C=O) groups is 5. The van der Waals surface area contributed by atoms with Crippen LogP contribution >= 0.6 is 11.6 Å². The molecule has 3 atom stereocenters. The van der Waals surface area contributed by atoms with E-state index in [0.29, 0.717) is 22.8 Å². The minimum atomic E-state index is -5.03. The standard InChI is InChI=1S/C34H33ClF5N5O6/c1-51-23-13-11-21(12-14-23)27(31(49)44-26(20-7-5-8-20)28(46)34(39,40)32(50)42-18-33(36,37)38)45-30(48)25(17-19-6-4-9-22(35)16-19)43-29(47)24-10-2-3-15-41-24/h2-4,6,9-16,20,25-27H,5,7-8,17-18H2,1H3,(H,42,50)(H,43,47)(H,44,49)(H,45,48)/t25?,26-,27?/m0/s1. The zero-order chi connectivity index (χ0) is 37.3. The second-order valence-corrected chi connectivity index (χ2v) is 12.1. The lowest BCUT2D eigenvalue weighted by Gasteiger charge is -2.35. The number of carbonyl (C=O) groups excluding carboxylic acids is 5. The molecule has 2 aromatic carbocycles. The minimum Gasteiger partial charge on any atom is -0.497 e. The molecule has 4 amide bonds. The maximum absolute atomic E-state index is 15.0. The van der Waals surface area contributed by atoms with Crippen LogP contribution in [0.1, 0.15) is 46.9 Å². The van der Waals surface area contributed by atoms with E-state index >= 15 is 8.78 Å². The Morgan fingerprint density at radius 3 is 2.18 bits per heavy atom. The van der Waals surface area contributed by atoms with Crippen LogP contribution in [-0.2, 0) is 25.6 Å². The van der Waals surface area contributed by atoms with E-state index in [1.807, 2.05) is 0 Å². The first-order chi connectivity index (χ1) is 24.1. The number of pyridine rings is 1. The number of halogens is 6. The Morgan fingerprint density at radius 1 is 0.902 bits per heavy atom. The second kappa shape index (κ2) is 16.7. The van der Waals surface area contributed by atoms with Crippen LogP contribution in [0.25, 0.3) is 0 Å². The minimum absolute atomic E-state index is 0.0205. The van der Waals surface area contributed by atoms with E-state index in [-0.39, 0.29) is 30.5 Å². The van der Waals surface area contributed by atoms with Gasteiger partial charge in [-0.3, -0.25) is 29.0 Å². The van der Waals surface area contributed by atoms with Crippen LogP contribution < -0.4 is 26.0 Å². The highest BCUT2D eigenvalue weighted by Crippen LogP contribution is 2.34. The summed E-state index contributed by atoms with van der Waals surface area (Å²) in [5.41, 5.74) is 0.609. The highest BCUT2D eigenvalue weighted by atomic mass is 35.5. The Labute approximate surface area is 293 Å². The topological polar surface area (TPSA) is 156 Å². The lowest BCUT2D eigenvalue weighted by molar-refractivity contribution is -0.166. The molecule has 4 N–H and O–H groups in total. The molecule has 1 saturated carbocycles. The molecule has 3 aromatic rings. The number of aromatic nitrogens is 1. The number of benzene rings is 2. The lowest BCUT2D eigenvalue weighted by Crippen LogP contribution is -2.60. The number of ether oxygens (including phenoxy) is 1. The molecule has 17 heteroatoms. The molecule has 2 unspecified atom stereocenters. The number of Topliss-reactive ketones (excluding diaryl/α,β-unsaturated/α-hetero) is 1. The average molecular weight is 738 g/mol. The molecule has 0 radical (unpaired) electrons. The summed E-state index contributed by atoms with van der Waals surface area (Å²) in [6, 6.07) is 11.6. The molecule has 1 fully saturated rings. The summed E-state index contributed by atoms with van der Waals surface area (Å²) in [5, 5.41) is 8.67. The number of hydrogen-bond acceptors (Lipinski definition) is 7. The van der Waals surface area contributed by atoms with Gasteiger partial charge in [-0.1, -0.05) is 48.4 Å². The van der Waals surface area contributed by atoms with Gasteiger partial charge in [0.05, 0.1) is 13.2 Å². The van der Waals surface area contributed by atoms with Crippen molar-refractivity contribution < 1.29 is 50.7 Å². The van der Waals surface area contributed by atoms with Crippen LogP contribution in [0.5, 0.6) is 5.75 Å². The van der Waals surface area contributed by atoms with Gasteiger partial charge in [-0.05, 0) is 66.3 Å². The van der Waals surface area contributed by atoms with Gasteiger partial charge in [-0.2, -0.15) is 22.0 Å². The Hall–Kier alpha value is -5.12. The van der Waals surface area contributed by atoms with Gasteiger partial charge in [0.15, 0.2) is 0 Å². The predicted octanol–water partition coefficient (Wildman–Crippen LogP) is 4.11. The van der Waals surface area contributed by atoms with E-state index in [4.69, 9.17) is 16.3 Å². The Balaban J connectivity index is 1.64. The van der Waals surface area contributed by atoms with Crippen molar-refractivity contribution in [3.05, 3.63) is 94.8 Å². The summed E-state index contributed by atoms with van der Waals surface area (Å²) in [6.45, 7) is -2.10. The molecule has 0 bridgehead atoms. The molecule has 4 rings (SSSR count). The lowest BCUT2D eigenvalue weighted by atomic mass is 9.77. The number of ketones is 1. The van der Waals surface area contributed by atoms with Crippen molar-refractivity contribution in [3.63, 3.8) is 0 Å². The van der Waals surface area contributed by atoms with Crippen molar-refractivity contribution >= 4 is 41.0 Å². The van der Waals surface area contributed by atoms with E-state index in [1.165, 1.54) is 43.6 Å². The molecular formula is C34H33ClF5N5O6. The van der Waals surface area contributed by atoms with Gasteiger partial charge in [-0.25, -0.2) is 0 Å². The average Bonchev–Trinajstić information content (AvgIpc) is 3.07. The molecule has 1 aliphatic carbocycles.